The molecule has 1 aliphatic rings. The fourth-order valence-corrected chi connectivity index (χ4v) is 3.87. The maximum Gasteiger partial charge on any atom is 0.336 e. The van der Waals surface area contributed by atoms with Gasteiger partial charge in [-0.05, 0) is 12.8 Å². The van der Waals surface area contributed by atoms with Crippen LogP contribution in [0.25, 0.3) is 0 Å². The van der Waals surface area contributed by atoms with Gasteiger partial charge in [-0.15, -0.1) is 11.8 Å². The number of hydrogen-bond acceptors (Lipinski definition) is 6. The topological polar surface area (TPSA) is 124 Å². The maximum atomic E-state index is 11.2. The first-order chi connectivity index (χ1) is 10.4. The molecule has 0 saturated heterocycles. The van der Waals surface area contributed by atoms with Gasteiger partial charge in [-0.2, -0.15) is 0 Å². The Hall–Kier alpha value is -2.16. The lowest BCUT2D eigenvalue weighted by molar-refractivity contribution is -0.399. The second-order valence-corrected chi connectivity index (χ2v) is 6.35. The third-order valence-corrected chi connectivity index (χ3v) is 4.99. The molecule has 0 amide bonds. The zero-order chi connectivity index (χ0) is 16.3. The van der Waals surface area contributed by atoms with Crippen LogP contribution in [-0.2, 0) is 0 Å². The van der Waals surface area contributed by atoms with Crippen molar-refractivity contribution in [2.45, 2.75) is 42.2 Å². The molecule has 22 heavy (non-hydrogen) atoms. The predicted octanol–water partition coefficient (Wildman–Crippen LogP) is 3.63. The van der Waals surface area contributed by atoms with Crippen LogP contribution in [0, 0.1) is 20.2 Å². The van der Waals surface area contributed by atoms with Crippen molar-refractivity contribution in [1.82, 2.24) is 0 Å². The van der Waals surface area contributed by atoms with Crippen molar-refractivity contribution in [1.29, 1.82) is 0 Å². The molecule has 0 aromatic heterocycles. The van der Waals surface area contributed by atoms with Crippen LogP contribution in [0.4, 0.5) is 11.4 Å². The molecule has 1 saturated carbocycles. The van der Waals surface area contributed by atoms with E-state index in [0.29, 0.717) is 0 Å². The number of aromatic carboxylic acids is 1. The summed E-state index contributed by atoms with van der Waals surface area (Å²) in [5.74, 6) is -1.43. The Balaban J connectivity index is 2.50. The van der Waals surface area contributed by atoms with Crippen molar-refractivity contribution in [3.05, 3.63) is 37.9 Å². The minimum atomic E-state index is -1.43. The van der Waals surface area contributed by atoms with E-state index in [1.165, 1.54) is 0 Å². The highest BCUT2D eigenvalue weighted by molar-refractivity contribution is 8.00. The normalized spacial score (nSPS) is 15.5. The van der Waals surface area contributed by atoms with E-state index in [-0.39, 0.29) is 10.1 Å². The van der Waals surface area contributed by atoms with Crippen molar-refractivity contribution >= 4 is 29.1 Å². The fourth-order valence-electron chi connectivity index (χ4n) is 2.46. The molecule has 118 valence electrons. The minimum absolute atomic E-state index is 0.0492. The summed E-state index contributed by atoms with van der Waals surface area (Å²) in [6.07, 6.45) is 4.78. The second-order valence-electron chi connectivity index (χ2n) is 5.04. The number of nitrogens with zero attached hydrogens (tertiary/aromatic N) is 2. The molecule has 0 atom stereocenters. The summed E-state index contributed by atoms with van der Waals surface area (Å²) in [6.45, 7) is 0. The predicted molar refractivity (Wildman–Crippen MR) is 79.4 cm³/mol. The molecular formula is C13H14N2O6S. The van der Waals surface area contributed by atoms with Crippen molar-refractivity contribution in [2.75, 3.05) is 0 Å². The number of nitro groups is 2. The molecule has 0 radical (unpaired) electrons. The SMILES string of the molecule is O=C(O)c1cc([N+](=O)[O-])c(SC2CCCCC2)c([N+](=O)[O-])c1. The number of thioether (sulfide) groups is 1. The standard InChI is InChI=1S/C13H14N2O6S/c16-13(17)8-6-10(14(18)19)12(11(7-8)15(20)21)22-9-4-2-1-3-5-9/h6-7,9H,1-5H2,(H,16,17). The van der Waals surface area contributed by atoms with Gasteiger partial charge in [-0.25, -0.2) is 4.79 Å². The summed E-state index contributed by atoms with van der Waals surface area (Å²) in [5, 5.41) is 31.4. The summed E-state index contributed by atoms with van der Waals surface area (Å²) >= 11 is 1.12. The Morgan fingerprint density at radius 3 is 2.00 bits per heavy atom. The third-order valence-electron chi connectivity index (χ3n) is 3.53. The first-order valence-electron chi connectivity index (χ1n) is 6.77. The van der Waals surface area contributed by atoms with E-state index >= 15 is 0 Å². The monoisotopic (exact) mass is 326 g/mol. The van der Waals surface area contributed by atoms with Gasteiger partial charge in [0.1, 0.15) is 0 Å². The number of hydrogen-bond donors (Lipinski definition) is 1. The van der Waals surface area contributed by atoms with Gasteiger partial charge in [0.25, 0.3) is 11.4 Å². The molecular weight excluding hydrogens is 312 g/mol. The minimum Gasteiger partial charge on any atom is -0.478 e. The quantitative estimate of drug-likeness (QED) is 0.647. The van der Waals surface area contributed by atoms with E-state index in [1.807, 2.05) is 0 Å². The Morgan fingerprint density at radius 1 is 1.09 bits per heavy atom. The lowest BCUT2D eigenvalue weighted by Gasteiger charge is -2.20. The Morgan fingerprint density at radius 2 is 1.59 bits per heavy atom. The van der Waals surface area contributed by atoms with Gasteiger partial charge >= 0.3 is 5.97 Å². The van der Waals surface area contributed by atoms with Crippen molar-refractivity contribution in [3.63, 3.8) is 0 Å². The fraction of sp³-hybridized carbons (Fsp3) is 0.462. The van der Waals surface area contributed by atoms with Gasteiger partial charge in [0.2, 0.25) is 0 Å². The number of carboxylic acids is 1. The summed E-state index contributed by atoms with van der Waals surface area (Å²) in [4.78, 5) is 31.8. The van der Waals surface area contributed by atoms with Gasteiger partial charge < -0.3 is 5.11 Å². The zero-order valence-corrected chi connectivity index (χ0v) is 12.4. The molecule has 0 aliphatic heterocycles. The molecule has 0 heterocycles. The van der Waals surface area contributed by atoms with E-state index in [4.69, 9.17) is 5.11 Å². The maximum absolute atomic E-state index is 11.2. The van der Waals surface area contributed by atoms with Gasteiger partial charge in [0, 0.05) is 17.4 Å². The summed E-state index contributed by atoms with van der Waals surface area (Å²) in [7, 11) is 0. The lowest BCUT2D eigenvalue weighted by atomic mass is 10.0. The van der Waals surface area contributed by atoms with Crippen LogP contribution >= 0.6 is 11.8 Å². The van der Waals surface area contributed by atoms with E-state index in [9.17, 15) is 25.0 Å². The first kappa shape index (κ1) is 16.2. The Labute approximate surface area is 129 Å². The van der Waals surface area contributed by atoms with Crippen LogP contribution in [0.3, 0.4) is 0 Å². The van der Waals surface area contributed by atoms with E-state index < -0.39 is 32.8 Å². The molecule has 0 unspecified atom stereocenters. The lowest BCUT2D eigenvalue weighted by Crippen LogP contribution is -2.10. The molecule has 1 fully saturated rings. The molecule has 9 heteroatoms. The van der Waals surface area contributed by atoms with Crippen molar-refractivity contribution < 1.29 is 19.7 Å². The average Bonchev–Trinajstić information content (AvgIpc) is 2.47. The van der Waals surface area contributed by atoms with E-state index in [1.54, 1.807) is 0 Å². The number of benzene rings is 1. The number of carbonyl (C=O) groups is 1. The molecule has 0 bridgehead atoms. The first-order valence-corrected chi connectivity index (χ1v) is 7.65. The molecule has 1 aliphatic carbocycles. The summed E-state index contributed by atoms with van der Waals surface area (Å²) in [6, 6.07) is 1.78. The number of rotatable bonds is 5. The summed E-state index contributed by atoms with van der Waals surface area (Å²) in [5.41, 5.74) is -1.48. The van der Waals surface area contributed by atoms with Crippen LogP contribution < -0.4 is 0 Å². The van der Waals surface area contributed by atoms with E-state index in [0.717, 1.165) is 56.0 Å². The average molecular weight is 326 g/mol. The van der Waals surface area contributed by atoms with Crippen LogP contribution in [0.2, 0.25) is 0 Å². The van der Waals surface area contributed by atoms with Crippen molar-refractivity contribution in [2.24, 2.45) is 0 Å². The molecule has 1 aromatic rings. The van der Waals surface area contributed by atoms with Crippen LogP contribution in [0.15, 0.2) is 17.0 Å². The van der Waals surface area contributed by atoms with Gasteiger partial charge in [0.15, 0.2) is 4.90 Å². The molecule has 1 N–H and O–H groups in total. The second kappa shape index (κ2) is 6.73. The van der Waals surface area contributed by atoms with Crippen LogP contribution in [0.1, 0.15) is 42.5 Å². The highest BCUT2D eigenvalue weighted by Gasteiger charge is 2.31. The zero-order valence-electron chi connectivity index (χ0n) is 11.6. The Bertz CT molecular complexity index is 592. The molecule has 1 aromatic carbocycles. The highest BCUT2D eigenvalue weighted by Crippen LogP contribution is 2.43. The third kappa shape index (κ3) is 3.53. The molecule has 0 spiro atoms. The number of carboxylic acid groups (broad SMARTS) is 1. The van der Waals surface area contributed by atoms with Gasteiger partial charge in [0.05, 0.1) is 15.4 Å². The summed E-state index contributed by atoms with van der Waals surface area (Å²) < 4.78 is 0. The van der Waals surface area contributed by atoms with Gasteiger partial charge in [-0.1, -0.05) is 19.3 Å². The highest BCUT2D eigenvalue weighted by atomic mass is 32.2. The van der Waals surface area contributed by atoms with Gasteiger partial charge in [-0.3, -0.25) is 20.2 Å². The van der Waals surface area contributed by atoms with Crippen molar-refractivity contribution in [3.8, 4) is 0 Å². The smallest absolute Gasteiger partial charge is 0.336 e. The molecule has 8 nitrogen and oxygen atoms in total. The number of nitro benzene ring substituents is 2. The Kier molecular flexibility index (Phi) is 4.96. The van der Waals surface area contributed by atoms with E-state index in [2.05, 4.69) is 0 Å². The largest absolute Gasteiger partial charge is 0.478 e. The molecule has 2 rings (SSSR count). The van der Waals surface area contributed by atoms with Crippen LogP contribution in [0.5, 0.6) is 0 Å². The van der Waals surface area contributed by atoms with Crippen LogP contribution in [-0.4, -0.2) is 26.2 Å².